The molecule has 2 rings (SSSR count). The lowest BCUT2D eigenvalue weighted by Gasteiger charge is -2.20. The first-order valence-electron chi connectivity index (χ1n) is 11.3. The highest BCUT2D eigenvalue weighted by Crippen LogP contribution is 2.25. The Bertz CT molecular complexity index is 1130. The van der Waals surface area contributed by atoms with E-state index in [1.54, 1.807) is 0 Å². The van der Waals surface area contributed by atoms with Gasteiger partial charge in [0.15, 0.2) is 5.78 Å². The summed E-state index contributed by atoms with van der Waals surface area (Å²) in [5, 5.41) is 1.98. The summed E-state index contributed by atoms with van der Waals surface area (Å²) in [6.07, 6.45) is 8.30. The fraction of sp³-hybridized carbons (Fsp3) is 0.414. The second-order valence-electron chi connectivity index (χ2n) is 11.2. The van der Waals surface area contributed by atoms with Crippen molar-refractivity contribution in [2.75, 3.05) is 0 Å². The molecule has 0 aliphatic carbocycles. The summed E-state index contributed by atoms with van der Waals surface area (Å²) in [5.41, 5.74) is 4.64. The normalized spacial score (nSPS) is 13.5. The lowest BCUT2D eigenvalue weighted by Crippen LogP contribution is -2.28. The van der Waals surface area contributed by atoms with Crippen LogP contribution >= 0.6 is 0 Å². The van der Waals surface area contributed by atoms with E-state index in [1.165, 1.54) is 0 Å². The topological polar surface area (TPSA) is 22.0 Å². The Morgan fingerprint density at radius 3 is 2.25 bits per heavy atom. The minimum atomic E-state index is -0.0631. The zero-order chi connectivity index (χ0) is 24.3. The van der Waals surface area contributed by atoms with E-state index in [-0.39, 0.29) is 16.6 Å². The van der Waals surface area contributed by atoms with E-state index in [4.69, 9.17) is 7.85 Å². The fourth-order valence-corrected chi connectivity index (χ4v) is 3.87. The quantitative estimate of drug-likeness (QED) is 0.441. The summed E-state index contributed by atoms with van der Waals surface area (Å²) < 4.78 is 2.07. The van der Waals surface area contributed by atoms with Crippen LogP contribution in [0.15, 0.2) is 48.7 Å². The van der Waals surface area contributed by atoms with Crippen LogP contribution in [0.1, 0.15) is 77.2 Å². The predicted molar refractivity (Wildman–Crippen MR) is 141 cm³/mol. The van der Waals surface area contributed by atoms with E-state index in [2.05, 4.69) is 77.5 Å². The fourth-order valence-electron chi connectivity index (χ4n) is 3.87. The molecule has 2 radical (unpaired) electrons. The molecule has 0 N–H and O–H groups in total. The van der Waals surface area contributed by atoms with Crippen LogP contribution in [0.25, 0.3) is 18.4 Å². The molecule has 32 heavy (non-hydrogen) atoms. The molecule has 0 atom stereocenters. The van der Waals surface area contributed by atoms with Crippen LogP contribution in [-0.4, -0.2) is 18.2 Å². The third-order valence-electron chi connectivity index (χ3n) is 5.33. The molecular formula is C29H38BNO. The molecular weight excluding hydrogens is 389 g/mol. The maximum atomic E-state index is 13.0. The third-order valence-corrected chi connectivity index (χ3v) is 5.33. The number of carbonyl (C=O) groups is 1. The highest BCUT2D eigenvalue weighted by molar-refractivity contribution is 6.32. The number of hydrogen-bond acceptors (Lipinski definition) is 1. The van der Waals surface area contributed by atoms with E-state index in [9.17, 15) is 4.79 Å². The Morgan fingerprint density at radius 1 is 1.06 bits per heavy atom. The van der Waals surface area contributed by atoms with Crippen molar-refractivity contribution in [1.82, 2.24) is 4.57 Å². The van der Waals surface area contributed by atoms with Gasteiger partial charge in [0.2, 0.25) is 0 Å². The van der Waals surface area contributed by atoms with Gasteiger partial charge in [0.05, 0.1) is 0 Å². The van der Waals surface area contributed by atoms with Crippen LogP contribution in [0.4, 0.5) is 0 Å². The standard InChI is InChI=1S/C29H38BNO/c1-10-22(15-23-13-14-31(21(23)3)20(2)18-28(4,5)6)16-24-17-25(30)11-12-26(24)27(32)19-29(7,8)9/h10-15,17H,2-3,16,18-19H2,1,4-9H3/b22-10+,23-15-. The lowest BCUT2D eigenvalue weighted by atomic mass is 9.83. The molecule has 0 saturated carbocycles. The molecule has 2 aromatic rings. The van der Waals surface area contributed by atoms with Crippen LogP contribution in [0, 0.1) is 10.8 Å². The van der Waals surface area contributed by atoms with Crippen LogP contribution in [0.2, 0.25) is 0 Å². The molecule has 1 heterocycles. The van der Waals surface area contributed by atoms with Gasteiger partial charge in [-0.05, 0) is 59.1 Å². The molecule has 1 aromatic carbocycles. The Kier molecular flexibility index (Phi) is 7.99. The molecule has 0 aliphatic rings. The summed E-state index contributed by atoms with van der Waals surface area (Å²) in [6, 6.07) is 7.68. The molecule has 0 aliphatic heterocycles. The Balaban J connectivity index is 2.38. The minimum Gasteiger partial charge on any atom is -0.321 e. The summed E-state index contributed by atoms with van der Waals surface area (Å²) in [6.45, 7) is 23.5. The minimum absolute atomic E-state index is 0.0631. The summed E-state index contributed by atoms with van der Waals surface area (Å²) >= 11 is 0. The highest BCUT2D eigenvalue weighted by atomic mass is 16.1. The van der Waals surface area contributed by atoms with Gasteiger partial charge in [0.1, 0.15) is 7.85 Å². The summed E-state index contributed by atoms with van der Waals surface area (Å²) in [7, 11) is 6.07. The van der Waals surface area contributed by atoms with Crippen molar-refractivity contribution in [1.29, 1.82) is 0 Å². The van der Waals surface area contributed by atoms with E-state index >= 15 is 0 Å². The first-order chi connectivity index (χ1) is 14.7. The Morgan fingerprint density at radius 2 is 1.69 bits per heavy atom. The van der Waals surface area contributed by atoms with Crippen molar-refractivity contribution in [2.24, 2.45) is 10.8 Å². The van der Waals surface area contributed by atoms with Crippen LogP contribution in [-0.2, 0) is 6.42 Å². The Hall–Kier alpha value is -2.55. The van der Waals surface area contributed by atoms with Gasteiger partial charge in [-0.25, -0.2) is 0 Å². The monoisotopic (exact) mass is 427 g/mol. The lowest BCUT2D eigenvalue weighted by molar-refractivity contribution is 0.0939. The van der Waals surface area contributed by atoms with Gasteiger partial charge in [-0.2, -0.15) is 0 Å². The highest BCUT2D eigenvalue weighted by Gasteiger charge is 2.20. The van der Waals surface area contributed by atoms with Crippen molar-refractivity contribution in [2.45, 2.75) is 67.7 Å². The molecule has 2 nitrogen and oxygen atoms in total. The van der Waals surface area contributed by atoms with Crippen LogP contribution < -0.4 is 16.0 Å². The molecule has 168 valence electrons. The molecule has 1 aromatic heterocycles. The van der Waals surface area contributed by atoms with Crippen molar-refractivity contribution < 1.29 is 4.79 Å². The summed E-state index contributed by atoms with van der Waals surface area (Å²) in [4.78, 5) is 13.0. The van der Waals surface area contributed by atoms with Gasteiger partial charge in [-0.1, -0.05) is 84.4 Å². The van der Waals surface area contributed by atoms with E-state index in [0.717, 1.165) is 39.4 Å². The molecule has 3 heteroatoms. The second kappa shape index (κ2) is 9.94. The summed E-state index contributed by atoms with van der Waals surface area (Å²) in [5.74, 6) is 0.158. The second-order valence-corrected chi connectivity index (χ2v) is 11.2. The maximum Gasteiger partial charge on any atom is 0.163 e. The van der Waals surface area contributed by atoms with E-state index in [1.807, 2.05) is 31.3 Å². The van der Waals surface area contributed by atoms with Crippen LogP contribution in [0.5, 0.6) is 0 Å². The molecule has 0 amide bonds. The van der Waals surface area contributed by atoms with Gasteiger partial charge in [0.25, 0.3) is 0 Å². The van der Waals surface area contributed by atoms with E-state index < -0.39 is 0 Å². The first kappa shape index (κ1) is 25.7. The number of benzene rings is 1. The van der Waals surface area contributed by atoms with Crippen molar-refractivity contribution in [3.63, 3.8) is 0 Å². The zero-order valence-corrected chi connectivity index (χ0v) is 21.0. The first-order valence-corrected chi connectivity index (χ1v) is 11.3. The van der Waals surface area contributed by atoms with Crippen molar-refractivity contribution in [3.8, 4) is 0 Å². The number of ketones is 1. The number of rotatable bonds is 7. The predicted octanol–water partition coefficient (Wildman–Crippen LogP) is 5.19. The average molecular weight is 427 g/mol. The smallest absolute Gasteiger partial charge is 0.163 e. The number of aromatic nitrogens is 1. The molecule has 0 unspecified atom stereocenters. The molecule has 0 fully saturated rings. The SMILES string of the molecule is [B]c1ccc(C(=O)CC(C)(C)C)c(CC(=C/C)/C=c2/ccn(C(=C)CC(C)(C)C)c2=C)c1. The van der Waals surface area contributed by atoms with Gasteiger partial charge >= 0.3 is 0 Å². The maximum absolute atomic E-state index is 13.0. The largest absolute Gasteiger partial charge is 0.321 e. The van der Waals surface area contributed by atoms with Gasteiger partial charge < -0.3 is 4.57 Å². The zero-order valence-electron chi connectivity index (χ0n) is 21.0. The van der Waals surface area contributed by atoms with Gasteiger partial charge in [-0.15, -0.1) is 0 Å². The average Bonchev–Trinajstić information content (AvgIpc) is 2.98. The van der Waals surface area contributed by atoms with Gasteiger partial charge in [-0.3, -0.25) is 4.79 Å². The number of Topliss-reactive ketones (excluding diaryl/α,β-unsaturated/α-hetero) is 1. The van der Waals surface area contributed by atoms with Crippen molar-refractivity contribution in [3.05, 3.63) is 70.4 Å². The number of allylic oxidation sites excluding steroid dienone is 3. The van der Waals surface area contributed by atoms with Crippen LogP contribution in [0.3, 0.4) is 0 Å². The molecule has 0 saturated heterocycles. The van der Waals surface area contributed by atoms with E-state index in [0.29, 0.717) is 18.3 Å². The number of carbonyl (C=O) groups excluding carboxylic acids is 1. The number of hydrogen-bond donors (Lipinski definition) is 0. The van der Waals surface area contributed by atoms with Gasteiger partial charge in [0, 0.05) is 29.2 Å². The molecule has 0 spiro atoms. The van der Waals surface area contributed by atoms with Crippen molar-refractivity contribution >= 4 is 37.4 Å². The number of nitrogens with zero attached hydrogens (tertiary/aromatic N) is 1. The molecule has 0 bridgehead atoms. The Labute approximate surface area is 195 Å². The third kappa shape index (κ3) is 7.26.